The molecule has 2 aliphatic heterocycles. The van der Waals surface area contributed by atoms with Gasteiger partial charge in [0.2, 0.25) is 0 Å². The molecule has 3 nitrogen and oxygen atoms in total. The Morgan fingerprint density at radius 1 is 0.259 bits per heavy atom. The number of fused-ring (bicyclic) bond motifs is 25. The molecule has 0 N–H and O–H groups in total. The van der Waals surface area contributed by atoms with Gasteiger partial charge < -0.3 is 13.7 Å². The maximum Gasteiger partial charge on any atom is 0.318 e. The minimum Gasteiger partial charge on any atom is -0.309 e. The smallest absolute Gasteiger partial charge is 0.309 e. The predicted octanol–water partition coefficient (Wildman–Crippen LogP) is 21.3. The summed E-state index contributed by atoms with van der Waals surface area (Å²) in [6, 6.07) is 87.8. The van der Waals surface area contributed by atoms with Crippen LogP contribution < -0.4 is 5.46 Å². The number of hydrogen-bond donors (Lipinski definition) is 0. The van der Waals surface area contributed by atoms with Gasteiger partial charge in [-0.05, 0) is 119 Å². The lowest BCUT2D eigenvalue weighted by atomic mass is 9.77. The quantitative estimate of drug-likeness (QED) is 0.164. The number of rotatable bonds is 3. The molecule has 0 radical (unpaired) electrons. The van der Waals surface area contributed by atoms with Crippen LogP contribution in [0.4, 0.5) is 0 Å². The van der Waals surface area contributed by atoms with E-state index in [1.54, 1.807) is 0 Å². The van der Waals surface area contributed by atoms with Gasteiger partial charge in [0.05, 0.1) is 33.1 Å². The second kappa shape index (κ2) is 16.1. The first-order valence-electron chi connectivity index (χ1n) is 27.5. The van der Waals surface area contributed by atoms with Crippen molar-refractivity contribution in [2.24, 2.45) is 0 Å². The maximum atomic E-state index is 2.60. The van der Waals surface area contributed by atoms with E-state index >= 15 is 0 Å². The van der Waals surface area contributed by atoms with E-state index in [4.69, 9.17) is 0 Å². The highest BCUT2D eigenvalue weighted by Crippen LogP contribution is 2.54. The number of thiophene rings is 3. The van der Waals surface area contributed by atoms with Crippen molar-refractivity contribution in [3.8, 4) is 39.3 Å². The van der Waals surface area contributed by atoms with Gasteiger partial charge in [-0.1, -0.05) is 140 Å². The van der Waals surface area contributed by atoms with Crippen LogP contribution in [-0.2, 0) is 0 Å². The number of aromatic nitrogens is 3. The minimum absolute atomic E-state index is 0.108. The lowest BCUT2D eigenvalue weighted by Crippen LogP contribution is -2.34. The van der Waals surface area contributed by atoms with Crippen molar-refractivity contribution in [2.75, 3.05) is 0 Å². The average Bonchev–Trinajstić information content (AvgIpc) is 3.85. The van der Waals surface area contributed by atoms with Crippen LogP contribution in [0, 0.1) is 0 Å². The summed E-state index contributed by atoms with van der Waals surface area (Å²) in [4.78, 5) is 2.60. The Bertz CT molecular complexity index is 5620. The molecule has 0 bridgehead atoms. The van der Waals surface area contributed by atoms with Crippen LogP contribution in [0.2, 0.25) is 0 Å². The zero-order chi connectivity index (χ0) is 52.3. The molecular formula is C72H38BN3S5. The van der Waals surface area contributed by atoms with Gasteiger partial charge in [0.15, 0.2) is 0 Å². The molecule has 2 aliphatic rings. The van der Waals surface area contributed by atoms with E-state index in [0.29, 0.717) is 0 Å². The van der Waals surface area contributed by atoms with Gasteiger partial charge in [-0.15, -0.1) is 34.0 Å². The molecule has 0 spiro atoms. The Hall–Kier alpha value is -8.54. The first kappa shape index (κ1) is 44.2. The first-order valence-corrected chi connectivity index (χ1v) is 31.7. The molecule has 81 heavy (non-hydrogen) atoms. The summed E-state index contributed by atoms with van der Waals surface area (Å²) in [5.41, 5.74) is 17.7. The molecule has 0 unspecified atom stereocenters. The summed E-state index contributed by atoms with van der Waals surface area (Å²) in [7, 11) is 0. The molecule has 0 saturated heterocycles. The van der Waals surface area contributed by atoms with Gasteiger partial charge in [0, 0.05) is 120 Å². The number of para-hydroxylation sites is 3. The Balaban J connectivity index is 0.863. The summed E-state index contributed by atoms with van der Waals surface area (Å²) in [5, 5.41) is 15.7. The summed E-state index contributed by atoms with van der Waals surface area (Å²) < 4.78 is 15.6. The zero-order valence-electron chi connectivity index (χ0n) is 42.9. The van der Waals surface area contributed by atoms with E-state index in [-0.39, 0.29) is 5.27 Å². The molecule has 0 amide bonds. The second-order valence-electron chi connectivity index (χ2n) is 21.7. The first-order chi connectivity index (χ1) is 40.2. The van der Waals surface area contributed by atoms with Crippen LogP contribution in [0.25, 0.3) is 165 Å². The number of benzene rings is 12. The zero-order valence-corrected chi connectivity index (χ0v) is 47.0. The Morgan fingerprint density at radius 2 is 0.605 bits per heavy atom. The molecule has 6 aromatic heterocycles. The fourth-order valence-corrected chi connectivity index (χ4v) is 20.7. The lowest BCUT2D eigenvalue weighted by molar-refractivity contribution is 1.16. The van der Waals surface area contributed by atoms with Crippen LogP contribution in [0.15, 0.2) is 240 Å². The predicted molar refractivity (Wildman–Crippen MR) is 356 cm³/mol. The lowest BCUT2D eigenvalue weighted by Gasteiger charge is -2.33. The van der Waals surface area contributed by atoms with Crippen LogP contribution in [0.5, 0.6) is 0 Å². The highest BCUT2D eigenvalue weighted by molar-refractivity contribution is 8.56. The van der Waals surface area contributed by atoms with E-state index in [1.807, 2.05) is 57.2 Å². The SMILES string of the molecule is c1ccc2c(c1)sc1ccc3c4ccccc4n(-c4ccc5c(c4)SB4Sc6cc(-n7c8ccccc8c8ccc9sc%10ccccc%10c9c87)ccc6-c6cc(-n7c8ccccc8c8ccc9sc%10ccccc%10c9c87)cc-5c64)c3c12. The topological polar surface area (TPSA) is 14.8 Å². The molecule has 0 fully saturated rings. The summed E-state index contributed by atoms with van der Waals surface area (Å²) in [6.07, 6.45) is 0. The van der Waals surface area contributed by atoms with Gasteiger partial charge in [-0.3, -0.25) is 0 Å². The Kier molecular flexibility index (Phi) is 8.79. The molecule has 8 heterocycles. The highest BCUT2D eigenvalue weighted by Gasteiger charge is 2.38. The van der Waals surface area contributed by atoms with E-state index in [1.165, 1.54) is 181 Å². The minimum atomic E-state index is 0.108. The third-order valence-corrected chi connectivity index (χ3v) is 23.7. The number of hydrogen-bond acceptors (Lipinski definition) is 5. The monoisotopic (exact) mass is 1120 g/mol. The fraction of sp³-hybridized carbons (Fsp3) is 0. The summed E-state index contributed by atoms with van der Waals surface area (Å²) in [6.45, 7) is 0. The van der Waals surface area contributed by atoms with E-state index in [2.05, 4.69) is 244 Å². The highest BCUT2D eigenvalue weighted by atomic mass is 32.2. The maximum absolute atomic E-state index is 2.60. The van der Waals surface area contributed by atoms with Crippen molar-refractivity contribution in [1.29, 1.82) is 0 Å². The summed E-state index contributed by atoms with van der Waals surface area (Å²) >= 11 is 9.73. The van der Waals surface area contributed by atoms with Gasteiger partial charge in [-0.2, -0.15) is 23.2 Å². The van der Waals surface area contributed by atoms with Crippen molar-refractivity contribution in [3.63, 3.8) is 0 Å². The van der Waals surface area contributed by atoms with Crippen molar-refractivity contribution in [3.05, 3.63) is 231 Å². The van der Waals surface area contributed by atoms with Gasteiger partial charge in [0.1, 0.15) is 0 Å². The summed E-state index contributed by atoms with van der Waals surface area (Å²) in [5.74, 6) is 0. The molecule has 9 heteroatoms. The molecule has 12 aromatic carbocycles. The molecule has 374 valence electrons. The van der Waals surface area contributed by atoms with Crippen LogP contribution >= 0.6 is 57.2 Å². The van der Waals surface area contributed by atoms with Gasteiger partial charge >= 0.3 is 5.27 Å². The third-order valence-electron chi connectivity index (χ3n) is 17.7. The molecule has 0 atom stereocenters. The molecule has 0 saturated carbocycles. The van der Waals surface area contributed by atoms with E-state index in [9.17, 15) is 0 Å². The second-order valence-corrected chi connectivity index (χ2v) is 27.6. The standard InChI is InChI=1S/C72H38BN3S5/c1-7-19-55-42(13-1)47-29-32-61-66(50-16-4-10-22-58(50)77-61)70(47)74(55)39-25-27-45-53-35-41(76-57-21-9-3-15-44(57)49-31-34-63-68(72(49)76)52-18-6-12-24-60(52)79-63)36-54-46-28-26-40(38-65(46)81-73(69(53)54)80-64(45)37-39)75-56-20-8-2-14-43(56)48-30-33-62-67(71(48)75)51-17-5-11-23-59(51)78-62/h1-38H. The van der Waals surface area contributed by atoms with E-state index in [0.717, 1.165) is 0 Å². The normalized spacial score (nSPS) is 13.3. The van der Waals surface area contributed by atoms with Gasteiger partial charge in [0.25, 0.3) is 0 Å². The molecule has 20 rings (SSSR count). The van der Waals surface area contributed by atoms with Crippen molar-refractivity contribution in [2.45, 2.75) is 9.79 Å². The largest absolute Gasteiger partial charge is 0.318 e. The van der Waals surface area contributed by atoms with Crippen LogP contribution in [-0.4, -0.2) is 19.0 Å². The average molecular weight is 1120 g/mol. The fourth-order valence-electron chi connectivity index (χ4n) is 14.4. The molecular weight excluding hydrogens is 1080 g/mol. The van der Waals surface area contributed by atoms with Crippen LogP contribution in [0.1, 0.15) is 0 Å². The van der Waals surface area contributed by atoms with E-state index < -0.39 is 0 Å². The Morgan fingerprint density at radius 3 is 1.00 bits per heavy atom. The van der Waals surface area contributed by atoms with Crippen molar-refractivity contribution < 1.29 is 0 Å². The molecule has 18 aromatic rings. The van der Waals surface area contributed by atoms with Crippen molar-refractivity contribution in [1.82, 2.24) is 13.7 Å². The van der Waals surface area contributed by atoms with Crippen molar-refractivity contribution >= 4 is 194 Å². The Labute approximate surface area is 483 Å². The van der Waals surface area contributed by atoms with Gasteiger partial charge in [-0.25, -0.2) is 0 Å². The molecule has 0 aliphatic carbocycles. The third kappa shape index (κ3) is 5.87. The number of nitrogens with zero attached hydrogens (tertiary/aromatic N) is 3. The van der Waals surface area contributed by atoms with Crippen LogP contribution in [0.3, 0.4) is 0 Å².